The fraction of sp³-hybridized carbons (Fsp3) is 0. The van der Waals surface area contributed by atoms with E-state index < -0.39 is 0 Å². The average molecular weight is 1600 g/mol. The molecule has 0 radical (unpaired) electrons. The monoisotopic (exact) mass is 1600 g/mol. The summed E-state index contributed by atoms with van der Waals surface area (Å²) < 4.78 is 18.6. The Balaban J connectivity index is 0.000000108. The molecule has 0 amide bonds. The van der Waals surface area contributed by atoms with Crippen LogP contribution in [0.2, 0.25) is 0 Å². The van der Waals surface area contributed by atoms with Crippen LogP contribution in [0.3, 0.4) is 0 Å². The molecule has 0 fully saturated rings. The number of rotatable bonds is 11. The molecule has 25 rings (SSSR count). The van der Waals surface area contributed by atoms with Gasteiger partial charge < -0.3 is 13.3 Å². The predicted molar refractivity (Wildman–Crippen MR) is 515 cm³/mol. The van der Waals surface area contributed by atoms with Crippen LogP contribution in [0.15, 0.2) is 450 Å². The maximum absolute atomic E-state index is 6.28. The third-order valence-electron chi connectivity index (χ3n) is 23.9. The second-order valence-corrected chi connectivity index (χ2v) is 31.4. The Hall–Kier alpha value is -16.9. The summed E-state index contributed by atoms with van der Waals surface area (Å²) in [5.41, 5.74) is 32.0. The molecule has 9 heteroatoms. The Labute approximate surface area is 718 Å². The molecule has 0 atom stereocenters. The summed E-state index contributed by atoms with van der Waals surface area (Å²) in [5, 5.41) is 12.4. The molecule has 0 N–H and O–H groups in total. The van der Waals surface area contributed by atoms with Crippen molar-refractivity contribution in [1.29, 1.82) is 0 Å². The smallest absolute Gasteiger partial charge is 0.160 e. The minimum atomic E-state index is 0.725. The van der Waals surface area contributed by atoms with Gasteiger partial charge in [0, 0.05) is 87.4 Å². The van der Waals surface area contributed by atoms with Crippen LogP contribution in [0.25, 0.3) is 244 Å². The summed E-state index contributed by atoms with van der Waals surface area (Å²) in [6.45, 7) is 0. The number of benzene rings is 19. The molecular weight excluding hydrogens is 1530 g/mol. The van der Waals surface area contributed by atoms with Gasteiger partial charge in [0.15, 0.2) is 5.82 Å². The molecule has 0 aliphatic carbocycles. The summed E-state index contributed by atoms with van der Waals surface area (Å²) in [5.74, 6) is 0.725. The molecule has 6 aromatic heterocycles. The van der Waals surface area contributed by atoms with E-state index in [1.54, 1.807) is 0 Å². The molecule has 0 unspecified atom stereocenters. The third-order valence-corrected chi connectivity index (χ3v) is 23.9. The summed E-state index contributed by atoms with van der Waals surface area (Å²) in [4.78, 5) is 31.0. The molecular formula is C116H72N6O3. The highest BCUT2D eigenvalue weighted by molar-refractivity contribution is 6.15. The lowest BCUT2D eigenvalue weighted by Gasteiger charge is -2.13. The van der Waals surface area contributed by atoms with Crippen molar-refractivity contribution in [3.8, 4) is 123 Å². The lowest BCUT2D eigenvalue weighted by Crippen LogP contribution is -1.96. The lowest BCUT2D eigenvalue weighted by molar-refractivity contribution is 0.668. The van der Waals surface area contributed by atoms with E-state index in [2.05, 4.69) is 328 Å². The van der Waals surface area contributed by atoms with Crippen LogP contribution in [0.5, 0.6) is 0 Å². The van der Waals surface area contributed by atoms with E-state index in [-0.39, 0.29) is 0 Å². The van der Waals surface area contributed by atoms with Gasteiger partial charge in [0.2, 0.25) is 0 Å². The molecule has 0 aliphatic heterocycles. The van der Waals surface area contributed by atoms with E-state index in [9.17, 15) is 0 Å². The minimum Gasteiger partial charge on any atom is -0.456 e. The number of aromatic nitrogens is 6. The van der Waals surface area contributed by atoms with Crippen molar-refractivity contribution in [1.82, 2.24) is 29.9 Å². The van der Waals surface area contributed by atoms with Crippen molar-refractivity contribution in [3.05, 3.63) is 437 Å². The van der Waals surface area contributed by atoms with Gasteiger partial charge in [-0.1, -0.05) is 382 Å². The summed E-state index contributed by atoms with van der Waals surface area (Å²) >= 11 is 0. The second-order valence-electron chi connectivity index (χ2n) is 31.4. The van der Waals surface area contributed by atoms with E-state index in [0.29, 0.717) is 0 Å². The van der Waals surface area contributed by atoms with Gasteiger partial charge in [-0.05, 0) is 115 Å². The van der Waals surface area contributed by atoms with Crippen LogP contribution < -0.4 is 0 Å². The maximum atomic E-state index is 6.28. The topological polar surface area (TPSA) is 117 Å². The van der Waals surface area contributed by atoms with E-state index in [1.807, 2.05) is 109 Å². The summed E-state index contributed by atoms with van der Waals surface area (Å²) in [6.07, 6.45) is 0. The van der Waals surface area contributed by atoms with Gasteiger partial charge in [0.05, 0.1) is 56.1 Å². The zero-order valence-electron chi connectivity index (χ0n) is 67.5. The number of para-hydroxylation sites is 4. The Morgan fingerprint density at radius 2 is 0.496 bits per heavy atom. The van der Waals surface area contributed by atoms with Crippen molar-refractivity contribution in [2.75, 3.05) is 0 Å². The Bertz CT molecular complexity index is 8430. The van der Waals surface area contributed by atoms with Gasteiger partial charge in [-0.3, -0.25) is 0 Å². The van der Waals surface area contributed by atoms with E-state index in [1.165, 1.54) is 11.1 Å². The van der Waals surface area contributed by atoms with Gasteiger partial charge in [0.1, 0.15) is 33.5 Å². The molecule has 0 spiro atoms. The fourth-order valence-electron chi connectivity index (χ4n) is 17.7. The van der Waals surface area contributed by atoms with Crippen LogP contribution in [0, 0.1) is 0 Å². The Kier molecular flexibility index (Phi) is 18.4. The molecule has 25 aromatic rings. The molecule has 9 nitrogen and oxygen atoms in total. The quantitative estimate of drug-likeness (QED) is 0.117. The van der Waals surface area contributed by atoms with E-state index in [4.69, 9.17) is 43.2 Å². The molecule has 0 aliphatic rings. The highest BCUT2D eigenvalue weighted by Crippen LogP contribution is 2.44. The van der Waals surface area contributed by atoms with Gasteiger partial charge in [0.25, 0.3) is 0 Å². The first-order valence-electron chi connectivity index (χ1n) is 42.0. The first kappa shape index (κ1) is 73.3. The standard InChI is InChI=1S/C42H26N2O.C38H24N2O.C36H22N2O/c1-2-9-27(10-3-1)28-17-21-32(22-18-28)41-40(43-36-26-25-29-11-4-5-12-34(29)42(36)44-41)31-23-19-30(20-24-31)33-14-8-16-38-39(33)35-13-6-7-15-37(35)45-38;1-3-10-27(11-4-1)36-33-23-22-29(24-34(33)39-38(40-36)28-12-5-2-6-13-28)25-18-20-26(21-19-25)30-15-9-16-32-31-14-7-8-17-35(31)41-37(30)32;1-2-10-25(11-3-1)35-34(37-30-22-21-23-9-4-5-12-28(23)36(30)38-35)26-19-17-24(18-20-26)27-14-8-16-32-33(27)29-13-6-7-15-31(29)39-32/h1-26H;1-24H;1-22H. The van der Waals surface area contributed by atoms with Crippen molar-refractivity contribution in [2.45, 2.75) is 0 Å². The summed E-state index contributed by atoms with van der Waals surface area (Å²) in [6, 6.07) is 151. The van der Waals surface area contributed by atoms with Gasteiger partial charge >= 0.3 is 0 Å². The molecule has 6 heterocycles. The Morgan fingerprint density at radius 3 is 1.00 bits per heavy atom. The van der Waals surface area contributed by atoms with Crippen LogP contribution in [-0.2, 0) is 0 Å². The molecule has 584 valence electrons. The van der Waals surface area contributed by atoms with E-state index >= 15 is 0 Å². The van der Waals surface area contributed by atoms with Crippen molar-refractivity contribution < 1.29 is 13.3 Å². The molecule has 0 saturated heterocycles. The predicted octanol–water partition coefficient (Wildman–Crippen LogP) is 31.2. The van der Waals surface area contributed by atoms with Gasteiger partial charge in [-0.2, -0.15) is 0 Å². The number of hydrogen-bond acceptors (Lipinski definition) is 9. The maximum Gasteiger partial charge on any atom is 0.160 e. The van der Waals surface area contributed by atoms with Gasteiger partial charge in [-0.15, -0.1) is 0 Å². The van der Waals surface area contributed by atoms with Crippen molar-refractivity contribution >= 4 is 120 Å². The summed E-state index contributed by atoms with van der Waals surface area (Å²) in [7, 11) is 0. The van der Waals surface area contributed by atoms with Crippen LogP contribution in [-0.4, -0.2) is 29.9 Å². The van der Waals surface area contributed by atoms with Crippen LogP contribution >= 0.6 is 0 Å². The van der Waals surface area contributed by atoms with Crippen LogP contribution in [0.1, 0.15) is 0 Å². The largest absolute Gasteiger partial charge is 0.456 e. The van der Waals surface area contributed by atoms with E-state index in [0.717, 1.165) is 233 Å². The van der Waals surface area contributed by atoms with Crippen molar-refractivity contribution in [3.63, 3.8) is 0 Å². The first-order valence-corrected chi connectivity index (χ1v) is 42.0. The molecule has 125 heavy (non-hydrogen) atoms. The molecule has 19 aromatic carbocycles. The minimum absolute atomic E-state index is 0.725. The number of hydrogen-bond donors (Lipinski definition) is 0. The van der Waals surface area contributed by atoms with Crippen molar-refractivity contribution in [2.24, 2.45) is 0 Å². The lowest BCUT2D eigenvalue weighted by atomic mass is 9.96. The zero-order valence-corrected chi connectivity index (χ0v) is 67.5. The number of nitrogens with zero attached hydrogens (tertiary/aromatic N) is 6. The Morgan fingerprint density at radius 1 is 0.160 bits per heavy atom. The van der Waals surface area contributed by atoms with Gasteiger partial charge in [-0.25, -0.2) is 29.9 Å². The zero-order chi connectivity index (χ0) is 82.7. The second kappa shape index (κ2) is 31.4. The third kappa shape index (κ3) is 13.6. The number of furan rings is 3. The van der Waals surface area contributed by atoms with Crippen LogP contribution in [0.4, 0.5) is 0 Å². The first-order chi connectivity index (χ1) is 61.9. The average Bonchev–Trinajstić information content (AvgIpc) is 1.38. The normalized spacial score (nSPS) is 11.5. The fourth-order valence-corrected chi connectivity index (χ4v) is 17.7. The SMILES string of the molecule is c1ccc(-c2ccc(-c3nc4c(ccc5ccccc54)nc3-c3ccc(-c4cccc5oc6ccccc6c45)cc3)cc2)cc1.c1ccc(-c2nc(-c3ccccc3)c3ccc(-c4ccc(-c5cccc6c5oc5ccccc56)cc4)cc3n2)cc1.c1ccc(-c2nc3c(ccc4ccccc43)nc2-c2ccc(-c3cccc4oc5ccccc5c34)cc2)cc1. The number of fused-ring (bicyclic) bond motifs is 16. The molecule has 0 bridgehead atoms. The highest BCUT2D eigenvalue weighted by atomic mass is 16.3. The highest BCUT2D eigenvalue weighted by Gasteiger charge is 2.22. The molecule has 0 saturated carbocycles.